The van der Waals surface area contributed by atoms with E-state index >= 15 is 0 Å². The van der Waals surface area contributed by atoms with Crippen LogP contribution in [-0.2, 0) is 10.5 Å². The first-order valence-corrected chi connectivity index (χ1v) is 8.57. The minimum atomic E-state index is -0.428. The Morgan fingerprint density at radius 1 is 1.20 bits per heavy atom. The molecule has 1 aliphatic heterocycles. The monoisotopic (exact) mass is 298 g/mol. The maximum atomic E-state index is 9.95. The lowest BCUT2D eigenvalue weighted by Crippen LogP contribution is -2.30. The van der Waals surface area contributed by atoms with E-state index in [1.807, 2.05) is 11.8 Å². The highest BCUT2D eigenvalue weighted by atomic mass is 32.2. The van der Waals surface area contributed by atoms with E-state index in [0.717, 1.165) is 16.8 Å². The number of rotatable bonds is 4. The highest BCUT2D eigenvalue weighted by molar-refractivity contribution is 7.99. The standard InChI is InChI=1S/C14H22N2O3S/c17-12-6-7-18-8-11(12)14-15-13(16-19-14)9-20-10-4-2-1-3-5-10/h10-12,17H,1-9H2. The fourth-order valence-electron chi connectivity index (χ4n) is 2.86. The van der Waals surface area contributed by atoms with Crippen LogP contribution in [0.4, 0.5) is 0 Å². The number of hydrogen-bond acceptors (Lipinski definition) is 6. The third-order valence-electron chi connectivity index (χ3n) is 4.12. The van der Waals surface area contributed by atoms with Crippen molar-refractivity contribution in [1.82, 2.24) is 10.1 Å². The minimum absolute atomic E-state index is 0.162. The van der Waals surface area contributed by atoms with Crippen molar-refractivity contribution in [3.8, 4) is 0 Å². The molecule has 0 aromatic carbocycles. The van der Waals surface area contributed by atoms with Crippen LogP contribution in [0, 0.1) is 0 Å². The van der Waals surface area contributed by atoms with Gasteiger partial charge in [0.1, 0.15) is 0 Å². The second-order valence-corrected chi connectivity index (χ2v) is 6.95. The summed E-state index contributed by atoms with van der Waals surface area (Å²) in [5.41, 5.74) is 0. The van der Waals surface area contributed by atoms with Crippen molar-refractivity contribution in [2.75, 3.05) is 13.2 Å². The molecule has 0 bridgehead atoms. The Hall–Kier alpha value is -0.590. The van der Waals surface area contributed by atoms with Crippen molar-refractivity contribution in [1.29, 1.82) is 0 Å². The maximum absolute atomic E-state index is 9.95. The van der Waals surface area contributed by atoms with E-state index in [0.29, 0.717) is 25.5 Å². The van der Waals surface area contributed by atoms with Gasteiger partial charge in [0.2, 0.25) is 5.89 Å². The molecule has 1 aromatic rings. The molecule has 0 radical (unpaired) electrons. The van der Waals surface area contributed by atoms with Crippen molar-refractivity contribution < 1.29 is 14.4 Å². The van der Waals surface area contributed by atoms with Gasteiger partial charge in [0.15, 0.2) is 5.82 Å². The second-order valence-electron chi connectivity index (χ2n) is 5.66. The van der Waals surface area contributed by atoms with Crippen LogP contribution in [0.3, 0.4) is 0 Å². The molecule has 2 fully saturated rings. The first-order chi connectivity index (χ1) is 9.83. The van der Waals surface area contributed by atoms with E-state index in [4.69, 9.17) is 9.26 Å². The predicted octanol–water partition coefficient (Wildman–Crippen LogP) is 2.50. The summed E-state index contributed by atoms with van der Waals surface area (Å²) in [6, 6.07) is 0. The normalized spacial score (nSPS) is 28.6. The summed E-state index contributed by atoms with van der Waals surface area (Å²) >= 11 is 1.93. The van der Waals surface area contributed by atoms with Gasteiger partial charge in [0.25, 0.3) is 0 Å². The maximum Gasteiger partial charge on any atom is 0.234 e. The lowest BCUT2D eigenvalue weighted by atomic mass is 9.99. The molecule has 1 aliphatic carbocycles. The molecule has 1 saturated carbocycles. The average molecular weight is 298 g/mol. The molecular formula is C14H22N2O3S. The van der Waals surface area contributed by atoms with Crippen molar-refractivity contribution in [3.63, 3.8) is 0 Å². The molecule has 1 aromatic heterocycles. The summed E-state index contributed by atoms with van der Waals surface area (Å²) in [7, 11) is 0. The summed E-state index contributed by atoms with van der Waals surface area (Å²) in [5, 5.41) is 14.7. The quantitative estimate of drug-likeness (QED) is 0.921. The van der Waals surface area contributed by atoms with Gasteiger partial charge in [-0.1, -0.05) is 24.4 Å². The number of thioether (sulfide) groups is 1. The molecule has 6 heteroatoms. The molecule has 2 atom stereocenters. The number of hydrogen-bond donors (Lipinski definition) is 1. The molecule has 2 aliphatic rings. The van der Waals surface area contributed by atoms with Crippen molar-refractivity contribution >= 4 is 11.8 Å². The second kappa shape index (κ2) is 6.91. The highest BCUT2D eigenvalue weighted by Crippen LogP contribution is 2.30. The summed E-state index contributed by atoms with van der Waals surface area (Å²) in [6.45, 7) is 1.08. The van der Waals surface area contributed by atoms with Crippen LogP contribution in [0.15, 0.2) is 4.52 Å². The lowest BCUT2D eigenvalue weighted by molar-refractivity contribution is -0.0149. The Kier molecular flexibility index (Phi) is 4.96. The van der Waals surface area contributed by atoms with Crippen LogP contribution < -0.4 is 0 Å². The molecule has 2 unspecified atom stereocenters. The zero-order chi connectivity index (χ0) is 13.8. The van der Waals surface area contributed by atoms with E-state index in [2.05, 4.69) is 10.1 Å². The molecule has 1 N–H and O–H groups in total. The number of aliphatic hydroxyl groups excluding tert-OH is 1. The number of ether oxygens (including phenoxy) is 1. The largest absolute Gasteiger partial charge is 0.392 e. The van der Waals surface area contributed by atoms with Crippen molar-refractivity contribution in [2.45, 2.75) is 61.5 Å². The summed E-state index contributed by atoms with van der Waals surface area (Å²) in [6.07, 6.45) is 6.90. The SMILES string of the molecule is OC1CCOCC1c1nc(CSC2CCCCC2)no1. The molecule has 0 amide bonds. The van der Waals surface area contributed by atoms with Gasteiger partial charge >= 0.3 is 0 Å². The number of aliphatic hydroxyl groups is 1. The number of aromatic nitrogens is 2. The van der Waals surface area contributed by atoms with Gasteiger partial charge in [-0.25, -0.2) is 0 Å². The predicted molar refractivity (Wildman–Crippen MR) is 76.6 cm³/mol. The van der Waals surface area contributed by atoms with Crippen LogP contribution >= 0.6 is 11.8 Å². The van der Waals surface area contributed by atoms with Gasteiger partial charge in [-0.05, 0) is 19.3 Å². The molecule has 3 rings (SSSR count). The fraction of sp³-hybridized carbons (Fsp3) is 0.857. The third kappa shape index (κ3) is 3.54. The van der Waals surface area contributed by atoms with Crippen LogP contribution in [0.2, 0.25) is 0 Å². The fourth-order valence-corrected chi connectivity index (χ4v) is 4.03. The van der Waals surface area contributed by atoms with E-state index in [9.17, 15) is 5.11 Å². The lowest BCUT2D eigenvalue weighted by Gasteiger charge is -2.24. The molecule has 2 heterocycles. The van der Waals surface area contributed by atoms with Crippen molar-refractivity contribution in [2.24, 2.45) is 0 Å². The Morgan fingerprint density at radius 2 is 2.05 bits per heavy atom. The van der Waals surface area contributed by atoms with Crippen molar-refractivity contribution in [3.05, 3.63) is 11.7 Å². The Bertz CT molecular complexity index is 420. The van der Waals surface area contributed by atoms with Crippen LogP contribution in [0.25, 0.3) is 0 Å². The van der Waals surface area contributed by atoms with Crippen LogP contribution in [-0.4, -0.2) is 39.8 Å². The third-order valence-corrected chi connectivity index (χ3v) is 5.49. The topological polar surface area (TPSA) is 68.4 Å². The zero-order valence-corrected chi connectivity index (χ0v) is 12.5. The molecular weight excluding hydrogens is 276 g/mol. The summed E-state index contributed by atoms with van der Waals surface area (Å²) in [5.74, 6) is 1.91. The van der Waals surface area contributed by atoms with Gasteiger partial charge < -0.3 is 14.4 Å². The molecule has 112 valence electrons. The average Bonchev–Trinajstić information content (AvgIpc) is 2.95. The Balaban J connectivity index is 1.53. The zero-order valence-electron chi connectivity index (χ0n) is 11.7. The molecule has 20 heavy (non-hydrogen) atoms. The van der Waals surface area contributed by atoms with Crippen LogP contribution in [0.1, 0.15) is 56.2 Å². The first-order valence-electron chi connectivity index (χ1n) is 7.53. The van der Waals surface area contributed by atoms with Gasteiger partial charge in [-0.2, -0.15) is 16.7 Å². The van der Waals surface area contributed by atoms with Gasteiger partial charge in [-0.15, -0.1) is 0 Å². The number of nitrogens with zero attached hydrogens (tertiary/aromatic N) is 2. The van der Waals surface area contributed by atoms with E-state index in [1.165, 1.54) is 32.1 Å². The van der Waals surface area contributed by atoms with E-state index in [1.54, 1.807) is 0 Å². The van der Waals surface area contributed by atoms with Gasteiger partial charge in [0.05, 0.1) is 24.4 Å². The summed E-state index contributed by atoms with van der Waals surface area (Å²) < 4.78 is 10.7. The van der Waals surface area contributed by atoms with Gasteiger partial charge in [-0.3, -0.25) is 0 Å². The molecule has 0 spiro atoms. The molecule has 1 saturated heterocycles. The smallest absolute Gasteiger partial charge is 0.234 e. The minimum Gasteiger partial charge on any atom is -0.392 e. The summed E-state index contributed by atoms with van der Waals surface area (Å²) in [4.78, 5) is 4.43. The van der Waals surface area contributed by atoms with E-state index in [-0.39, 0.29) is 5.92 Å². The van der Waals surface area contributed by atoms with Gasteiger partial charge in [0, 0.05) is 11.9 Å². The first kappa shape index (κ1) is 14.4. The highest BCUT2D eigenvalue weighted by Gasteiger charge is 2.30. The Labute approximate surface area is 123 Å². The molecule has 5 nitrogen and oxygen atoms in total. The van der Waals surface area contributed by atoms with Crippen LogP contribution in [0.5, 0.6) is 0 Å². The van der Waals surface area contributed by atoms with E-state index < -0.39 is 6.10 Å². The Morgan fingerprint density at radius 3 is 2.85 bits per heavy atom.